The van der Waals surface area contributed by atoms with Gasteiger partial charge in [0.15, 0.2) is 0 Å². The van der Waals surface area contributed by atoms with Gasteiger partial charge in [0, 0.05) is 45.3 Å². The third kappa shape index (κ3) is 3.28. The van der Waals surface area contributed by atoms with Crippen LogP contribution in [-0.4, -0.2) is 21.9 Å². The molecule has 0 aliphatic heterocycles. The Hall–Kier alpha value is -1.96. The maximum atomic E-state index is 8.93. The van der Waals surface area contributed by atoms with Crippen LogP contribution in [0.2, 0.25) is 0 Å². The Labute approximate surface area is 150 Å². The number of hydrogen-bond acceptors (Lipinski definition) is 5. The largest absolute Gasteiger partial charge is 0.343 e. The molecule has 0 saturated carbocycles. The van der Waals surface area contributed by atoms with Crippen LogP contribution in [0.4, 0.5) is 0 Å². The number of nitrogens with one attached hydrogen (secondary N) is 4. The molecule has 1 aliphatic carbocycles. The number of aromatic nitrogens is 1. The molecule has 2 aromatic rings. The first-order valence-electron chi connectivity index (χ1n) is 7.35. The van der Waals surface area contributed by atoms with Gasteiger partial charge in [-0.25, -0.2) is 5.48 Å². The molecule has 2 unspecified atom stereocenters. The van der Waals surface area contributed by atoms with Crippen LogP contribution in [0.5, 0.6) is 0 Å². The first-order valence-corrected chi connectivity index (χ1v) is 8.17. The summed E-state index contributed by atoms with van der Waals surface area (Å²) in [4.78, 5) is 6.84. The summed E-state index contributed by atoms with van der Waals surface area (Å²) in [5.41, 5.74) is 5.20. The van der Waals surface area contributed by atoms with E-state index in [1.807, 2.05) is 13.0 Å². The first-order chi connectivity index (χ1) is 11.0. The maximum Gasteiger partial charge on any atom is 0.213 e. The molecule has 2 atom stereocenters. The molecule has 3 rings (SSSR count). The molecule has 1 aliphatic rings. The fourth-order valence-corrected chi connectivity index (χ4v) is 4.06. The Morgan fingerprint density at radius 2 is 2.08 bits per heavy atom. The van der Waals surface area contributed by atoms with Crippen LogP contribution in [0.1, 0.15) is 38.5 Å². The topological polar surface area (TPSA) is 105 Å². The number of rotatable bonds is 2. The Morgan fingerprint density at radius 1 is 1.33 bits per heavy atom. The normalized spacial score (nSPS) is 19.2. The molecule has 24 heavy (non-hydrogen) atoms. The van der Waals surface area contributed by atoms with Gasteiger partial charge in [0.2, 0.25) is 5.96 Å². The van der Waals surface area contributed by atoms with E-state index in [2.05, 4.69) is 29.4 Å². The van der Waals surface area contributed by atoms with Crippen molar-refractivity contribution in [3.05, 3.63) is 51.0 Å². The number of nitrogens with zero attached hydrogens (tertiary/aromatic N) is 1. The summed E-state index contributed by atoms with van der Waals surface area (Å²) in [5, 5.41) is 28.1. The van der Waals surface area contributed by atoms with Crippen LogP contribution in [0, 0.1) is 24.7 Å². The molecule has 0 radical (unpaired) electrons. The molecular formula is C16H20ClN5OS. The summed E-state index contributed by atoms with van der Waals surface area (Å²) in [6.07, 6.45) is 2.47. The lowest BCUT2D eigenvalue weighted by atomic mass is 9.79. The molecule has 128 valence electrons. The van der Waals surface area contributed by atoms with Crippen molar-refractivity contribution < 1.29 is 5.21 Å². The van der Waals surface area contributed by atoms with Gasteiger partial charge >= 0.3 is 0 Å². The van der Waals surface area contributed by atoms with Crippen LogP contribution in [0.25, 0.3) is 0 Å². The van der Waals surface area contributed by atoms with Crippen molar-refractivity contribution in [2.24, 2.45) is 0 Å². The molecule has 0 aromatic carbocycles. The molecule has 0 bridgehead atoms. The molecule has 0 spiro atoms. The molecular weight excluding hydrogens is 346 g/mol. The van der Waals surface area contributed by atoms with E-state index in [-0.39, 0.29) is 24.3 Å². The van der Waals surface area contributed by atoms with Crippen LogP contribution >= 0.6 is 23.7 Å². The summed E-state index contributed by atoms with van der Waals surface area (Å²) >= 11 is 1.69. The average Bonchev–Trinajstić information content (AvgIpc) is 2.96. The summed E-state index contributed by atoms with van der Waals surface area (Å²) in [6, 6.07) is 5.57. The second kappa shape index (κ2) is 7.29. The van der Waals surface area contributed by atoms with Crippen LogP contribution in [-0.2, 0) is 6.42 Å². The molecule has 2 aromatic heterocycles. The van der Waals surface area contributed by atoms with Crippen molar-refractivity contribution >= 4 is 35.4 Å². The van der Waals surface area contributed by atoms with Crippen molar-refractivity contribution in [2.75, 3.05) is 0 Å². The smallest absolute Gasteiger partial charge is 0.213 e. The highest BCUT2D eigenvalue weighted by Crippen LogP contribution is 2.38. The lowest BCUT2D eigenvalue weighted by molar-refractivity contribution is 0.228. The molecule has 0 fully saturated rings. The van der Waals surface area contributed by atoms with Gasteiger partial charge in [0.1, 0.15) is 0 Å². The third-order valence-electron chi connectivity index (χ3n) is 4.17. The van der Waals surface area contributed by atoms with Gasteiger partial charge in [-0.2, -0.15) is 0 Å². The number of halogens is 1. The molecule has 0 amide bonds. The average molecular weight is 366 g/mol. The minimum Gasteiger partial charge on any atom is -0.343 e. The van der Waals surface area contributed by atoms with E-state index in [0.717, 1.165) is 21.7 Å². The second-order valence-corrected chi connectivity index (χ2v) is 7.03. The van der Waals surface area contributed by atoms with E-state index < -0.39 is 6.04 Å². The van der Waals surface area contributed by atoms with Gasteiger partial charge in [-0.15, -0.1) is 23.7 Å². The summed E-state index contributed by atoms with van der Waals surface area (Å²) in [6.45, 7) is 4.03. The quantitative estimate of drug-likeness (QED) is 0.320. The van der Waals surface area contributed by atoms with Gasteiger partial charge in [-0.1, -0.05) is 0 Å². The van der Waals surface area contributed by atoms with Gasteiger partial charge in [0.25, 0.3) is 0 Å². The van der Waals surface area contributed by atoms with Crippen molar-refractivity contribution in [3.63, 3.8) is 0 Å². The van der Waals surface area contributed by atoms with Crippen molar-refractivity contribution in [3.8, 4) is 0 Å². The van der Waals surface area contributed by atoms with Crippen molar-refractivity contribution in [1.29, 1.82) is 10.8 Å². The fraction of sp³-hybridized carbons (Fsp3) is 0.312. The predicted octanol–water partition coefficient (Wildman–Crippen LogP) is 3.09. The molecule has 6 nitrogen and oxygen atoms in total. The third-order valence-corrected chi connectivity index (χ3v) is 5.28. The standard InChI is InChI=1S/C16H19N5OS.ClH/c1-8-5-6-19-11-7-10(12-4-3-9(2)23-12)14(17)15(13(8)11)20-16(18)21-22;/h3-6,10,15,17,22H,7H2,1-2H3,(H3,18,20,21);1H. The zero-order valence-electron chi connectivity index (χ0n) is 13.4. The maximum absolute atomic E-state index is 8.93. The van der Waals surface area contributed by atoms with E-state index in [1.165, 1.54) is 4.88 Å². The molecule has 2 heterocycles. The Kier molecular flexibility index (Phi) is 5.58. The van der Waals surface area contributed by atoms with Crippen LogP contribution < -0.4 is 10.8 Å². The highest BCUT2D eigenvalue weighted by molar-refractivity contribution is 7.12. The Balaban J connectivity index is 0.00000208. The zero-order valence-corrected chi connectivity index (χ0v) is 15.0. The number of aryl methyl sites for hydroxylation is 2. The fourth-order valence-electron chi connectivity index (χ4n) is 3.06. The highest BCUT2D eigenvalue weighted by Gasteiger charge is 2.36. The molecule has 0 saturated heterocycles. The van der Waals surface area contributed by atoms with Crippen LogP contribution in [0.15, 0.2) is 24.4 Å². The number of pyridine rings is 1. The number of hydroxylamine groups is 1. The van der Waals surface area contributed by atoms with E-state index in [1.54, 1.807) is 23.0 Å². The van der Waals surface area contributed by atoms with Gasteiger partial charge in [-0.05, 0) is 37.6 Å². The number of thiophene rings is 1. The predicted molar refractivity (Wildman–Crippen MR) is 98.0 cm³/mol. The minimum absolute atomic E-state index is 0. The summed E-state index contributed by atoms with van der Waals surface area (Å²) in [7, 11) is 0. The SMILES string of the molecule is Cc1ccc(C2Cc3nccc(C)c3C(NC(=N)NO)C2=N)s1.Cl. The van der Waals surface area contributed by atoms with Gasteiger partial charge in [-0.3, -0.25) is 15.6 Å². The monoisotopic (exact) mass is 365 g/mol. The second-order valence-electron chi connectivity index (χ2n) is 5.71. The lowest BCUT2D eigenvalue weighted by Gasteiger charge is -2.33. The zero-order chi connectivity index (χ0) is 16.6. The number of hydrogen-bond donors (Lipinski definition) is 5. The van der Waals surface area contributed by atoms with E-state index >= 15 is 0 Å². The van der Waals surface area contributed by atoms with E-state index in [4.69, 9.17) is 16.0 Å². The van der Waals surface area contributed by atoms with Crippen molar-refractivity contribution in [1.82, 2.24) is 15.8 Å². The Bertz CT molecular complexity index is 776. The van der Waals surface area contributed by atoms with Gasteiger partial charge < -0.3 is 10.7 Å². The van der Waals surface area contributed by atoms with Crippen molar-refractivity contribution in [2.45, 2.75) is 32.2 Å². The lowest BCUT2D eigenvalue weighted by Crippen LogP contribution is -2.44. The minimum atomic E-state index is -0.466. The van der Waals surface area contributed by atoms with E-state index in [9.17, 15) is 0 Å². The van der Waals surface area contributed by atoms with Gasteiger partial charge in [0.05, 0.1) is 6.04 Å². The summed E-state index contributed by atoms with van der Waals surface area (Å²) in [5.74, 6) is -0.281. The van der Waals surface area contributed by atoms with Crippen LogP contribution in [0.3, 0.4) is 0 Å². The van der Waals surface area contributed by atoms with E-state index in [0.29, 0.717) is 12.1 Å². The molecule has 8 heteroatoms. The Morgan fingerprint density at radius 3 is 2.71 bits per heavy atom. The number of guanidine groups is 1. The number of fused-ring (bicyclic) bond motifs is 1. The summed E-state index contributed by atoms with van der Waals surface area (Å²) < 4.78 is 0. The highest BCUT2D eigenvalue weighted by atomic mass is 35.5. The first kappa shape index (κ1) is 18.4. The molecule has 5 N–H and O–H groups in total.